The molecule has 1 aromatic carbocycles. The van der Waals surface area contributed by atoms with Crippen molar-refractivity contribution in [1.29, 1.82) is 0 Å². The summed E-state index contributed by atoms with van der Waals surface area (Å²) >= 11 is 0. The highest BCUT2D eigenvalue weighted by Crippen LogP contribution is 2.30. The molecule has 2 heterocycles. The molecule has 0 saturated heterocycles. The highest BCUT2D eigenvalue weighted by molar-refractivity contribution is 5.91. The summed E-state index contributed by atoms with van der Waals surface area (Å²) in [6, 6.07) is 13.6. The van der Waals surface area contributed by atoms with E-state index in [1.807, 2.05) is 29.1 Å². The minimum atomic E-state index is -0.261. The van der Waals surface area contributed by atoms with Gasteiger partial charge in [0.15, 0.2) is 5.76 Å². The molecule has 0 saturated carbocycles. The van der Waals surface area contributed by atoms with Crippen LogP contribution in [0.4, 0.5) is 0 Å². The molecule has 156 valence electrons. The second kappa shape index (κ2) is 9.43. The van der Waals surface area contributed by atoms with E-state index in [4.69, 9.17) is 4.42 Å². The van der Waals surface area contributed by atoms with Crippen molar-refractivity contribution in [3.05, 3.63) is 77.5 Å². The number of nitrogens with zero attached hydrogens (tertiary/aromatic N) is 2. The van der Waals surface area contributed by atoms with Gasteiger partial charge in [0, 0.05) is 24.2 Å². The minimum Gasteiger partial charge on any atom is -0.459 e. The van der Waals surface area contributed by atoms with E-state index in [2.05, 4.69) is 27.9 Å². The second-order valence-corrected chi connectivity index (χ2v) is 7.54. The number of aromatic nitrogens is 2. The molecule has 0 fully saturated rings. The van der Waals surface area contributed by atoms with Crippen molar-refractivity contribution in [2.45, 2.75) is 44.7 Å². The van der Waals surface area contributed by atoms with E-state index >= 15 is 0 Å². The molecule has 0 spiro atoms. The number of hydrogen-bond donors (Lipinski definition) is 2. The summed E-state index contributed by atoms with van der Waals surface area (Å²) < 4.78 is 7.10. The van der Waals surface area contributed by atoms with Gasteiger partial charge in [-0.25, -0.2) is 0 Å². The molecule has 7 nitrogen and oxygen atoms in total. The van der Waals surface area contributed by atoms with Gasteiger partial charge in [-0.1, -0.05) is 30.3 Å². The van der Waals surface area contributed by atoms with Gasteiger partial charge in [0.2, 0.25) is 5.91 Å². The van der Waals surface area contributed by atoms with Crippen LogP contribution in [0.3, 0.4) is 0 Å². The fourth-order valence-electron chi connectivity index (χ4n) is 3.87. The third-order valence-corrected chi connectivity index (χ3v) is 5.38. The van der Waals surface area contributed by atoms with Gasteiger partial charge in [0.25, 0.3) is 5.91 Å². The van der Waals surface area contributed by atoms with E-state index in [1.54, 1.807) is 12.1 Å². The molecule has 1 unspecified atom stereocenters. The fraction of sp³-hybridized carbons (Fsp3) is 0.348. The molecule has 7 heteroatoms. The molecule has 4 rings (SSSR count). The van der Waals surface area contributed by atoms with E-state index in [1.165, 1.54) is 17.5 Å². The molecule has 3 aromatic rings. The predicted molar refractivity (Wildman–Crippen MR) is 112 cm³/mol. The maximum absolute atomic E-state index is 12.4. The Labute approximate surface area is 175 Å². The molecular formula is C23H26N4O3. The van der Waals surface area contributed by atoms with Gasteiger partial charge >= 0.3 is 0 Å². The maximum Gasteiger partial charge on any atom is 0.286 e. The number of furan rings is 1. The van der Waals surface area contributed by atoms with Gasteiger partial charge in [-0.15, -0.1) is 0 Å². The topological polar surface area (TPSA) is 89.2 Å². The smallest absolute Gasteiger partial charge is 0.286 e. The average Bonchev–Trinajstić information content (AvgIpc) is 3.43. The van der Waals surface area contributed by atoms with E-state index in [0.29, 0.717) is 19.4 Å². The summed E-state index contributed by atoms with van der Waals surface area (Å²) in [5, 5.41) is 10.5. The highest BCUT2D eigenvalue weighted by Gasteiger charge is 2.25. The molecule has 2 aromatic heterocycles. The number of carbonyl (C=O) groups is 2. The quantitative estimate of drug-likeness (QED) is 0.562. The summed E-state index contributed by atoms with van der Waals surface area (Å²) in [6.45, 7) is 1.17. The second-order valence-electron chi connectivity index (χ2n) is 7.54. The van der Waals surface area contributed by atoms with Crippen molar-refractivity contribution in [2.24, 2.45) is 0 Å². The molecule has 30 heavy (non-hydrogen) atoms. The molecule has 1 atom stereocenters. The molecule has 2 N–H and O–H groups in total. The van der Waals surface area contributed by atoms with E-state index < -0.39 is 0 Å². The van der Waals surface area contributed by atoms with E-state index in [-0.39, 0.29) is 23.6 Å². The van der Waals surface area contributed by atoms with Crippen LogP contribution >= 0.6 is 0 Å². The Morgan fingerprint density at radius 3 is 2.83 bits per heavy atom. The zero-order valence-electron chi connectivity index (χ0n) is 16.8. The Balaban J connectivity index is 1.27. The van der Waals surface area contributed by atoms with E-state index in [0.717, 1.165) is 31.4 Å². The summed E-state index contributed by atoms with van der Waals surface area (Å²) in [7, 11) is 0. The first-order valence-corrected chi connectivity index (χ1v) is 10.4. The summed E-state index contributed by atoms with van der Waals surface area (Å²) in [5.74, 6) is 0.0146. The van der Waals surface area contributed by atoms with Crippen molar-refractivity contribution in [3.8, 4) is 0 Å². The first-order chi connectivity index (χ1) is 14.7. The molecule has 1 aliphatic rings. The monoisotopic (exact) mass is 406 g/mol. The highest BCUT2D eigenvalue weighted by atomic mass is 16.3. The Kier molecular flexibility index (Phi) is 6.27. The predicted octanol–water partition coefficient (Wildman–Crippen LogP) is 3.23. The molecule has 0 bridgehead atoms. The zero-order chi connectivity index (χ0) is 20.8. The normalized spacial score (nSPS) is 15.4. The summed E-state index contributed by atoms with van der Waals surface area (Å²) in [6.07, 6.45) is 7.22. The summed E-state index contributed by atoms with van der Waals surface area (Å²) in [4.78, 5) is 24.2. The molecule has 0 radical (unpaired) electrons. The number of carbonyl (C=O) groups excluding carboxylic acids is 2. The van der Waals surface area contributed by atoms with Crippen molar-refractivity contribution in [1.82, 2.24) is 20.4 Å². The Morgan fingerprint density at radius 1 is 1.17 bits per heavy atom. The van der Waals surface area contributed by atoms with Crippen LogP contribution in [0, 0.1) is 0 Å². The first kappa shape index (κ1) is 19.9. The van der Waals surface area contributed by atoms with Crippen LogP contribution in [0.15, 0.2) is 59.3 Å². The zero-order valence-corrected chi connectivity index (χ0v) is 16.8. The van der Waals surface area contributed by atoms with Crippen LogP contribution in [-0.4, -0.2) is 28.1 Å². The molecule has 0 aliphatic heterocycles. The third-order valence-electron chi connectivity index (χ3n) is 5.38. The van der Waals surface area contributed by atoms with Crippen molar-refractivity contribution in [3.63, 3.8) is 0 Å². The lowest BCUT2D eigenvalue weighted by atomic mass is 9.92. The average molecular weight is 406 g/mol. The van der Waals surface area contributed by atoms with Crippen LogP contribution < -0.4 is 10.6 Å². The van der Waals surface area contributed by atoms with Gasteiger partial charge < -0.3 is 15.1 Å². The van der Waals surface area contributed by atoms with Crippen LogP contribution in [0.25, 0.3) is 0 Å². The fourth-order valence-corrected chi connectivity index (χ4v) is 3.87. The van der Waals surface area contributed by atoms with Crippen LogP contribution in [0.2, 0.25) is 0 Å². The van der Waals surface area contributed by atoms with Crippen LogP contribution in [0.5, 0.6) is 0 Å². The number of fused-ring (bicyclic) bond motifs is 1. The number of nitrogens with one attached hydrogen (secondary N) is 2. The largest absolute Gasteiger partial charge is 0.459 e. The Hall–Kier alpha value is -3.35. The SMILES string of the molecule is O=C(CCCNC(=O)c1ccco1)NC1CCCc2c1cnn2Cc1ccccc1. The number of benzene rings is 1. The van der Waals surface area contributed by atoms with E-state index in [9.17, 15) is 9.59 Å². The lowest BCUT2D eigenvalue weighted by Gasteiger charge is -2.24. The standard InChI is InChI=1S/C23H26N4O3/c28-22(12-5-13-24-23(29)21-11-6-14-30-21)26-19-9-4-10-20-18(19)15-25-27(20)16-17-7-2-1-3-8-17/h1-3,6-8,11,14-15,19H,4-5,9-10,12-13,16H2,(H,24,29)(H,26,28). The summed E-state index contributed by atoms with van der Waals surface area (Å²) in [5.41, 5.74) is 3.55. The lowest BCUT2D eigenvalue weighted by molar-refractivity contribution is -0.122. The van der Waals surface area contributed by atoms with Crippen molar-refractivity contribution in [2.75, 3.05) is 6.54 Å². The lowest BCUT2D eigenvalue weighted by Crippen LogP contribution is -2.32. The maximum atomic E-state index is 12.4. The number of amides is 2. The van der Waals surface area contributed by atoms with Crippen molar-refractivity contribution >= 4 is 11.8 Å². The Morgan fingerprint density at radius 2 is 2.03 bits per heavy atom. The van der Waals surface area contributed by atoms with Crippen LogP contribution in [0.1, 0.15) is 59.1 Å². The Bertz CT molecular complexity index is 979. The van der Waals surface area contributed by atoms with Gasteiger partial charge in [0.1, 0.15) is 0 Å². The molecule has 2 amide bonds. The molecular weight excluding hydrogens is 380 g/mol. The van der Waals surface area contributed by atoms with Gasteiger partial charge in [-0.3, -0.25) is 14.3 Å². The first-order valence-electron chi connectivity index (χ1n) is 10.4. The van der Waals surface area contributed by atoms with Gasteiger partial charge in [0.05, 0.1) is 25.0 Å². The van der Waals surface area contributed by atoms with Crippen molar-refractivity contribution < 1.29 is 14.0 Å². The van der Waals surface area contributed by atoms with Gasteiger partial charge in [-0.2, -0.15) is 5.10 Å². The number of rotatable bonds is 8. The number of hydrogen-bond acceptors (Lipinski definition) is 4. The molecule has 1 aliphatic carbocycles. The minimum absolute atomic E-state index is 0.00323. The van der Waals surface area contributed by atoms with Crippen LogP contribution in [-0.2, 0) is 17.8 Å². The van der Waals surface area contributed by atoms with Gasteiger partial charge in [-0.05, 0) is 43.4 Å². The third kappa shape index (κ3) is 4.79.